The van der Waals surface area contributed by atoms with E-state index in [0.29, 0.717) is 6.04 Å². The summed E-state index contributed by atoms with van der Waals surface area (Å²) in [6, 6.07) is 0.408. The van der Waals surface area contributed by atoms with Crippen LogP contribution in [0.15, 0.2) is 0 Å². The molecule has 0 aliphatic rings. The molecule has 0 heterocycles. The maximum absolute atomic E-state index is 5.71. The zero-order chi connectivity index (χ0) is 12.9. The molecule has 104 valence electrons. The average Bonchev–Trinajstić information content (AvgIpc) is 2.33. The van der Waals surface area contributed by atoms with Crippen molar-refractivity contribution in [2.45, 2.75) is 52.5 Å². The molecule has 0 aliphatic carbocycles. The van der Waals surface area contributed by atoms with E-state index in [2.05, 4.69) is 26.1 Å². The molecule has 0 aromatic carbocycles. The van der Waals surface area contributed by atoms with Crippen molar-refractivity contribution >= 4 is 0 Å². The quantitative estimate of drug-likeness (QED) is 0.536. The summed E-state index contributed by atoms with van der Waals surface area (Å²) in [4.78, 5) is 0. The Hall–Kier alpha value is -0.120. The van der Waals surface area contributed by atoms with Gasteiger partial charge in [0.1, 0.15) is 0 Å². The molecule has 3 heteroatoms. The summed E-state index contributed by atoms with van der Waals surface area (Å²) < 4.78 is 10.8. The van der Waals surface area contributed by atoms with E-state index in [1.807, 2.05) is 0 Å². The first-order chi connectivity index (χ1) is 8.24. The van der Waals surface area contributed by atoms with Gasteiger partial charge in [-0.05, 0) is 19.3 Å². The van der Waals surface area contributed by atoms with Crippen molar-refractivity contribution in [2.24, 2.45) is 5.92 Å². The predicted molar refractivity (Wildman–Crippen MR) is 73.5 cm³/mol. The summed E-state index contributed by atoms with van der Waals surface area (Å²) in [6.07, 6.45) is 5.14. The number of hydrogen-bond donors (Lipinski definition) is 1. The van der Waals surface area contributed by atoms with Crippen LogP contribution < -0.4 is 5.32 Å². The highest BCUT2D eigenvalue weighted by Gasteiger charge is 2.05. The van der Waals surface area contributed by atoms with Crippen molar-refractivity contribution in [1.82, 2.24) is 5.32 Å². The molecule has 0 saturated carbocycles. The Morgan fingerprint density at radius 1 is 1.18 bits per heavy atom. The van der Waals surface area contributed by atoms with Crippen LogP contribution in [0.25, 0.3) is 0 Å². The smallest absolute Gasteiger partial charge is 0.0613 e. The van der Waals surface area contributed by atoms with Gasteiger partial charge in [0.05, 0.1) is 13.2 Å². The van der Waals surface area contributed by atoms with Gasteiger partial charge in [0, 0.05) is 26.3 Å². The molecular formula is C14H31NO2. The highest BCUT2D eigenvalue weighted by atomic mass is 16.5. The molecule has 2 unspecified atom stereocenters. The Kier molecular flexibility index (Phi) is 12.3. The third-order valence-electron chi connectivity index (χ3n) is 3.05. The topological polar surface area (TPSA) is 30.5 Å². The van der Waals surface area contributed by atoms with Gasteiger partial charge < -0.3 is 14.8 Å². The first-order valence-electron chi connectivity index (χ1n) is 7.04. The van der Waals surface area contributed by atoms with E-state index < -0.39 is 0 Å². The van der Waals surface area contributed by atoms with Crippen molar-refractivity contribution in [3.63, 3.8) is 0 Å². The molecule has 1 N–H and O–H groups in total. The fourth-order valence-electron chi connectivity index (χ4n) is 1.83. The zero-order valence-electron chi connectivity index (χ0n) is 12.1. The standard InChI is InChI=1S/C14H31NO2/c1-5-7-8-14(6-2)12-17-10-9-15-13(3)11-16-4/h13-15H,5-12H2,1-4H3. The minimum absolute atomic E-state index is 0.408. The van der Waals surface area contributed by atoms with Crippen LogP contribution in [0.2, 0.25) is 0 Å². The van der Waals surface area contributed by atoms with Gasteiger partial charge in [0.25, 0.3) is 0 Å². The Morgan fingerprint density at radius 3 is 2.53 bits per heavy atom. The van der Waals surface area contributed by atoms with Crippen LogP contribution in [-0.2, 0) is 9.47 Å². The zero-order valence-corrected chi connectivity index (χ0v) is 12.1. The van der Waals surface area contributed by atoms with Crippen LogP contribution in [0.4, 0.5) is 0 Å². The number of ether oxygens (including phenoxy) is 2. The second kappa shape index (κ2) is 12.3. The highest BCUT2D eigenvalue weighted by molar-refractivity contribution is 4.59. The molecule has 0 fully saturated rings. The highest BCUT2D eigenvalue weighted by Crippen LogP contribution is 2.12. The minimum atomic E-state index is 0.408. The van der Waals surface area contributed by atoms with E-state index in [1.165, 1.54) is 25.7 Å². The summed E-state index contributed by atoms with van der Waals surface area (Å²) in [5, 5.41) is 3.37. The van der Waals surface area contributed by atoms with Gasteiger partial charge in [-0.25, -0.2) is 0 Å². The average molecular weight is 245 g/mol. The molecule has 3 nitrogen and oxygen atoms in total. The fourth-order valence-corrected chi connectivity index (χ4v) is 1.83. The lowest BCUT2D eigenvalue weighted by Gasteiger charge is -2.16. The van der Waals surface area contributed by atoms with E-state index in [1.54, 1.807) is 7.11 Å². The fraction of sp³-hybridized carbons (Fsp3) is 1.00. The molecule has 2 atom stereocenters. The first-order valence-corrected chi connectivity index (χ1v) is 7.04. The largest absolute Gasteiger partial charge is 0.383 e. The first kappa shape index (κ1) is 16.9. The molecular weight excluding hydrogens is 214 g/mol. The van der Waals surface area contributed by atoms with Crippen molar-refractivity contribution < 1.29 is 9.47 Å². The van der Waals surface area contributed by atoms with Crippen molar-refractivity contribution in [3.8, 4) is 0 Å². The number of hydrogen-bond acceptors (Lipinski definition) is 3. The number of nitrogens with one attached hydrogen (secondary N) is 1. The van der Waals surface area contributed by atoms with Crippen LogP contribution >= 0.6 is 0 Å². The summed E-state index contributed by atoms with van der Waals surface area (Å²) >= 11 is 0. The maximum Gasteiger partial charge on any atom is 0.0613 e. The van der Waals surface area contributed by atoms with Crippen molar-refractivity contribution in [1.29, 1.82) is 0 Å². The van der Waals surface area contributed by atoms with Gasteiger partial charge in [-0.15, -0.1) is 0 Å². The second-order valence-electron chi connectivity index (χ2n) is 4.80. The number of unbranched alkanes of at least 4 members (excludes halogenated alkanes) is 1. The van der Waals surface area contributed by atoms with Crippen LogP contribution in [0, 0.1) is 5.92 Å². The molecule has 0 saturated heterocycles. The monoisotopic (exact) mass is 245 g/mol. The Balaban J connectivity index is 3.35. The minimum Gasteiger partial charge on any atom is -0.383 e. The van der Waals surface area contributed by atoms with Gasteiger partial charge >= 0.3 is 0 Å². The number of rotatable bonds is 12. The molecule has 0 aliphatic heterocycles. The SMILES string of the molecule is CCCCC(CC)COCCNC(C)COC. The normalized spacial score (nSPS) is 14.8. The van der Waals surface area contributed by atoms with E-state index >= 15 is 0 Å². The molecule has 0 radical (unpaired) electrons. The van der Waals surface area contributed by atoms with Crippen LogP contribution in [0.1, 0.15) is 46.5 Å². The summed E-state index contributed by atoms with van der Waals surface area (Å²) in [6.45, 7) is 10.0. The van der Waals surface area contributed by atoms with Gasteiger partial charge in [-0.2, -0.15) is 0 Å². The van der Waals surface area contributed by atoms with E-state index in [9.17, 15) is 0 Å². The molecule has 0 aromatic rings. The molecule has 0 aromatic heterocycles. The van der Waals surface area contributed by atoms with Crippen LogP contribution in [-0.4, -0.2) is 39.5 Å². The molecule has 0 rings (SSSR count). The summed E-state index contributed by atoms with van der Waals surface area (Å²) in [5.74, 6) is 0.742. The van der Waals surface area contributed by atoms with E-state index in [4.69, 9.17) is 9.47 Å². The molecule has 0 amide bonds. The number of methoxy groups -OCH3 is 1. The van der Waals surface area contributed by atoms with Gasteiger partial charge in [0.15, 0.2) is 0 Å². The maximum atomic E-state index is 5.71. The van der Waals surface area contributed by atoms with Gasteiger partial charge in [-0.3, -0.25) is 0 Å². The van der Waals surface area contributed by atoms with Gasteiger partial charge in [0.2, 0.25) is 0 Å². The predicted octanol–water partition coefficient (Wildman–Crippen LogP) is 2.84. The lowest BCUT2D eigenvalue weighted by molar-refractivity contribution is 0.0911. The van der Waals surface area contributed by atoms with E-state index in [0.717, 1.165) is 32.3 Å². The lowest BCUT2D eigenvalue weighted by Crippen LogP contribution is -2.33. The van der Waals surface area contributed by atoms with Gasteiger partial charge in [-0.1, -0.05) is 33.1 Å². The molecule has 17 heavy (non-hydrogen) atoms. The molecule has 0 spiro atoms. The van der Waals surface area contributed by atoms with Crippen molar-refractivity contribution in [2.75, 3.05) is 33.5 Å². The lowest BCUT2D eigenvalue weighted by atomic mass is 10.0. The van der Waals surface area contributed by atoms with E-state index in [-0.39, 0.29) is 0 Å². The molecule has 0 bridgehead atoms. The van der Waals surface area contributed by atoms with Crippen LogP contribution in [0.3, 0.4) is 0 Å². The Labute approximate surface area is 107 Å². The Morgan fingerprint density at radius 2 is 1.94 bits per heavy atom. The third-order valence-corrected chi connectivity index (χ3v) is 3.05. The third kappa shape index (κ3) is 10.7. The van der Waals surface area contributed by atoms with Crippen molar-refractivity contribution in [3.05, 3.63) is 0 Å². The van der Waals surface area contributed by atoms with Crippen LogP contribution in [0.5, 0.6) is 0 Å². The summed E-state index contributed by atoms with van der Waals surface area (Å²) in [5.41, 5.74) is 0. The summed E-state index contributed by atoms with van der Waals surface area (Å²) in [7, 11) is 1.73. The Bertz CT molecular complexity index is 153. The second-order valence-corrected chi connectivity index (χ2v) is 4.80.